The SMILES string of the molecule is CCNC(=O)NC(=O)[C@@H](C)OC(=O)c1ccccc1[S@@](=O)CC. The maximum absolute atomic E-state index is 12.2. The number of ether oxygens (including phenoxy) is 1. The fraction of sp³-hybridized carbons (Fsp3) is 0.400. The normalized spacial score (nSPS) is 12.8. The van der Waals surface area contributed by atoms with Crippen molar-refractivity contribution in [3.63, 3.8) is 0 Å². The number of urea groups is 1. The van der Waals surface area contributed by atoms with Crippen molar-refractivity contribution in [2.45, 2.75) is 31.8 Å². The number of rotatable bonds is 6. The van der Waals surface area contributed by atoms with Gasteiger partial charge in [0.2, 0.25) is 0 Å². The minimum Gasteiger partial charge on any atom is -0.449 e. The second-order valence-corrected chi connectivity index (χ2v) is 6.23. The van der Waals surface area contributed by atoms with E-state index in [9.17, 15) is 18.6 Å². The molecular weight excluding hydrogens is 320 g/mol. The Morgan fingerprint density at radius 2 is 1.87 bits per heavy atom. The molecule has 1 aromatic carbocycles. The van der Waals surface area contributed by atoms with Gasteiger partial charge < -0.3 is 10.1 Å². The Balaban J connectivity index is 2.78. The first-order valence-electron chi connectivity index (χ1n) is 7.17. The molecule has 8 heteroatoms. The molecule has 0 aliphatic heterocycles. The van der Waals surface area contributed by atoms with Crippen LogP contribution in [0.25, 0.3) is 0 Å². The molecule has 23 heavy (non-hydrogen) atoms. The average molecular weight is 340 g/mol. The van der Waals surface area contributed by atoms with E-state index in [4.69, 9.17) is 4.74 Å². The topological polar surface area (TPSA) is 102 Å². The molecule has 0 bridgehead atoms. The molecule has 0 saturated carbocycles. The van der Waals surface area contributed by atoms with E-state index in [1.165, 1.54) is 13.0 Å². The second-order valence-electron chi connectivity index (χ2n) is 4.53. The van der Waals surface area contributed by atoms with Crippen molar-refractivity contribution in [3.8, 4) is 0 Å². The van der Waals surface area contributed by atoms with Crippen LogP contribution in [0.1, 0.15) is 31.1 Å². The number of carbonyl (C=O) groups excluding carboxylic acids is 3. The van der Waals surface area contributed by atoms with E-state index in [1.807, 2.05) is 0 Å². The van der Waals surface area contributed by atoms with Gasteiger partial charge in [-0.25, -0.2) is 9.59 Å². The minimum absolute atomic E-state index is 0.144. The van der Waals surface area contributed by atoms with Crippen LogP contribution in [0.3, 0.4) is 0 Å². The maximum atomic E-state index is 12.2. The first-order chi connectivity index (χ1) is 10.9. The van der Waals surface area contributed by atoms with E-state index >= 15 is 0 Å². The van der Waals surface area contributed by atoms with Crippen LogP contribution >= 0.6 is 0 Å². The van der Waals surface area contributed by atoms with Gasteiger partial charge in [0.05, 0.1) is 21.3 Å². The van der Waals surface area contributed by atoms with Gasteiger partial charge in [-0.1, -0.05) is 19.1 Å². The van der Waals surface area contributed by atoms with Gasteiger partial charge >= 0.3 is 12.0 Å². The molecule has 2 N–H and O–H groups in total. The summed E-state index contributed by atoms with van der Waals surface area (Å²) in [5.41, 5.74) is 0.144. The van der Waals surface area contributed by atoms with Crippen molar-refractivity contribution in [2.75, 3.05) is 12.3 Å². The minimum atomic E-state index is -1.33. The van der Waals surface area contributed by atoms with E-state index in [2.05, 4.69) is 10.6 Å². The molecule has 1 aromatic rings. The van der Waals surface area contributed by atoms with Crippen LogP contribution < -0.4 is 10.6 Å². The third-order valence-electron chi connectivity index (χ3n) is 2.84. The summed E-state index contributed by atoms with van der Waals surface area (Å²) in [6.07, 6.45) is -1.16. The summed E-state index contributed by atoms with van der Waals surface area (Å²) in [5, 5.41) is 4.46. The number of hydrogen-bond acceptors (Lipinski definition) is 5. The number of amides is 3. The summed E-state index contributed by atoms with van der Waals surface area (Å²) >= 11 is 0. The van der Waals surface area contributed by atoms with Crippen molar-refractivity contribution in [2.24, 2.45) is 0 Å². The molecule has 0 aromatic heterocycles. The van der Waals surface area contributed by atoms with E-state index in [-0.39, 0.29) is 5.56 Å². The number of imide groups is 1. The van der Waals surface area contributed by atoms with Crippen LogP contribution in [-0.4, -0.2) is 40.5 Å². The molecule has 2 atom stereocenters. The molecule has 0 radical (unpaired) electrons. The maximum Gasteiger partial charge on any atom is 0.340 e. The van der Waals surface area contributed by atoms with Crippen LogP contribution in [-0.2, 0) is 20.3 Å². The Morgan fingerprint density at radius 1 is 1.22 bits per heavy atom. The lowest BCUT2D eigenvalue weighted by molar-refractivity contribution is -0.127. The fourth-order valence-electron chi connectivity index (χ4n) is 1.69. The number of hydrogen-bond donors (Lipinski definition) is 2. The number of carbonyl (C=O) groups is 3. The van der Waals surface area contributed by atoms with Gasteiger partial charge in [-0.05, 0) is 26.0 Å². The first kappa shape index (κ1) is 18.8. The molecule has 126 valence electrons. The highest BCUT2D eigenvalue weighted by molar-refractivity contribution is 7.85. The highest BCUT2D eigenvalue weighted by Crippen LogP contribution is 2.15. The van der Waals surface area contributed by atoms with Crippen LogP contribution in [0.2, 0.25) is 0 Å². The Hall–Kier alpha value is -2.22. The fourth-order valence-corrected chi connectivity index (χ4v) is 2.62. The lowest BCUT2D eigenvalue weighted by atomic mass is 10.2. The summed E-state index contributed by atoms with van der Waals surface area (Å²) in [5.74, 6) is -1.14. The number of nitrogens with one attached hydrogen (secondary N) is 2. The summed E-state index contributed by atoms with van der Waals surface area (Å²) in [7, 11) is -1.33. The highest BCUT2D eigenvalue weighted by atomic mass is 32.2. The van der Waals surface area contributed by atoms with Crippen LogP contribution in [0.4, 0.5) is 4.79 Å². The quantitative estimate of drug-likeness (QED) is 0.758. The molecular formula is C15H20N2O5S. The van der Waals surface area contributed by atoms with Crippen LogP contribution in [0.15, 0.2) is 29.2 Å². The third kappa shape index (κ3) is 5.48. The van der Waals surface area contributed by atoms with Gasteiger partial charge in [0.1, 0.15) is 0 Å². The van der Waals surface area contributed by atoms with Gasteiger partial charge in [-0.15, -0.1) is 0 Å². The largest absolute Gasteiger partial charge is 0.449 e. The summed E-state index contributed by atoms with van der Waals surface area (Å²) in [6, 6.07) is 5.69. The van der Waals surface area contributed by atoms with Crippen molar-refractivity contribution in [1.29, 1.82) is 0 Å². The first-order valence-corrected chi connectivity index (χ1v) is 8.49. The Morgan fingerprint density at radius 3 is 2.48 bits per heavy atom. The predicted octanol–water partition coefficient (Wildman–Crippen LogP) is 1.21. The standard InChI is InChI=1S/C15H20N2O5S/c1-4-16-15(20)17-13(18)10(3)22-14(19)11-8-6-7-9-12(11)23(21)5-2/h6-10H,4-5H2,1-3H3,(H2,16,17,18,20)/t10-,23+/m1/s1. The monoisotopic (exact) mass is 340 g/mol. The molecule has 3 amide bonds. The van der Waals surface area contributed by atoms with E-state index in [1.54, 1.807) is 32.0 Å². The molecule has 1 rings (SSSR count). The van der Waals surface area contributed by atoms with E-state index in [0.29, 0.717) is 17.2 Å². The molecule has 0 fully saturated rings. The molecule has 0 heterocycles. The second kappa shape index (κ2) is 9.04. The van der Waals surface area contributed by atoms with Gasteiger partial charge in [0.25, 0.3) is 5.91 Å². The predicted molar refractivity (Wildman–Crippen MR) is 85.5 cm³/mol. The third-order valence-corrected chi connectivity index (χ3v) is 4.21. The van der Waals surface area contributed by atoms with Gasteiger partial charge in [0.15, 0.2) is 6.10 Å². The smallest absolute Gasteiger partial charge is 0.340 e. The number of esters is 1. The van der Waals surface area contributed by atoms with Gasteiger partial charge in [-0.2, -0.15) is 0 Å². The van der Waals surface area contributed by atoms with E-state index in [0.717, 1.165) is 0 Å². The van der Waals surface area contributed by atoms with Gasteiger partial charge in [0, 0.05) is 12.3 Å². The molecule has 0 aliphatic carbocycles. The van der Waals surface area contributed by atoms with E-state index < -0.39 is 34.8 Å². The molecule has 0 aliphatic rings. The van der Waals surface area contributed by atoms with Crippen LogP contribution in [0.5, 0.6) is 0 Å². The van der Waals surface area contributed by atoms with Gasteiger partial charge in [-0.3, -0.25) is 14.3 Å². The molecule has 0 unspecified atom stereocenters. The zero-order chi connectivity index (χ0) is 17.4. The lowest BCUT2D eigenvalue weighted by Crippen LogP contribution is -2.44. The number of benzene rings is 1. The Kier molecular flexibility index (Phi) is 7.40. The summed E-state index contributed by atoms with van der Waals surface area (Å²) in [4.78, 5) is 35.6. The van der Waals surface area contributed by atoms with Crippen molar-refractivity contribution in [1.82, 2.24) is 10.6 Å². The summed E-state index contributed by atoms with van der Waals surface area (Å²) < 4.78 is 17.0. The molecule has 0 saturated heterocycles. The highest BCUT2D eigenvalue weighted by Gasteiger charge is 2.23. The molecule has 7 nitrogen and oxygen atoms in total. The Labute approximate surface area is 137 Å². The van der Waals surface area contributed by atoms with Crippen LogP contribution in [0, 0.1) is 0 Å². The molecule has 0 spiro atoms. The zero-order valence-electron chi connectivity index (χ0n) is 13.3. The summed E-state index contributed by atoms with van der Waals surface area (Å²) in [6.45, 7) is 5.16. The van der Waals surface area contributed by atoms with Crippen molar-refractivity contribution < 1.29 is 23.3 Å². The van der Waals surface area contributed by atoms with Crippen molar-refractivity contribution >= 4 is 28.7 Å². The average Bonchev–Trinajstić information content (AvgIpc) is 2.54. The lowest BCUT2D eigenvalue weighted by Gasteiger charge is -2.14. The zero-order valence-corrected chi connectivity index (χ0v) is 14.1. The Bertz CT molecular complexity index is 618. The van der Waals surface area contributed by atoms with Crippen molar-refractivity contribution in [3.05, 3.63) is 29.8 Å².